The van der Waals surface area contributed by atoms with Crippen molar-refractivity contribution >= 4 is 39.3 Å². The zero-order valence-corrected chi connectivity index (χ0v) is 10.8. The molecule has 0 aliphatic carbocycles. The fourth-order valence-electron chi connectivity index (χ4n) is 1.16. The molecule has 0 heterocycles. The molecule has 0 aliphatic rings. The van der Waals surface area contributed by atoms with Crippen LogP contribution in [0.15, 0.2) is 18.2 Å². The van der Waals surface area contributed by atoms with Crippen LogP contribution in [-0.2, 0) is 0 Å². The van der Waals surface area contributed by atoms with Gasteiger partial charge in [0.05, 0.1) is 17.8 Å². The van der Waals surface area contributed by atoms with Gasteiger partial charge in [-0.3, -0.25) is 0 Å². The molecular weight excluding hydrogens is 277 g/mol. The van der Waals surface area contributed by atoms with E-state index in [4.69, 9.17) is 22.1 Å². The van der Waals surface area contributed by atoms with Crippen LogP contribution in [0.5, 0.6) is 5.75 Å². The Bertz CT molecular complexity index is 366. The van der Waals surface area contributed by atoms with Crippen LogP contribution in [0.1, 0.15) is 12.0 Å². The molecule has 0 amide bonds. The standard InChI is InChI=1S/C11H13BrClNO/c1-15-11-6-8(4-2-3-5-12)9(13)7-10(11)14/h2,4,6-7H,3,5,14H2,1H3. The lowest BCUT2D eigenvalue weighted by Gasteiger charge is -2.07. The maximum Gasteiger partial charge on any atom is 0.142 e. The van der Waals surface area contributed by atoms with Crippen LogP contribution in [0.2, 0.25) is 5.02 Å². The van der Waals surface area contributed by atoms with E-state index in [2.05, 4.69) is 15.9 Å². The van der Waals surface area contributed by atoms with Gasteiger partial charge >= 0.3 is 0 Å². The van der Waals surface area contributed by atoms with E-state index < -0.39 is 0 Å². The fourth-order valence-corrected chi connectivity index (χ4v) is 1.66. The summed E-state index contributed by atoms with van der Waals surface area (Å²) in [5.41, 5.74) is 7.19. The molecule has 0 saturated carbocycles. The van der Waals surface area contributed by atoms with E-state index in [9.17, 15) is 0 Å². The zero-order valence-electron chi connectivity index (χ0n) is 8.47. The second-order valence-corrected chi connectivity index (χ2v) is 4.20. The summed E-state index contributed by atoms with van der Waals surface area (Å²) >= 11 is 9.39. The third kappa shape index (κ3) is 3.43. The first-order chi connectivity index (χ1) is 7.19. The highest BCUT2D eigenvalue weighted by atomic mass is 79.9. The number of nitrogen functional groups attached to an aromatic ring is 1. The van der Waals surface area contributed by atoms with E-state index in [-0.39, 0.29) is 0 Å². The van der Waals surface area contributed by atoms with Gasteiger partial charge in [0.25, 0.3) is 0 Å². The molecule has 2 nitrogen and oxygen atoms in total. The Morgan fingerprint density at radius 1 is 1.53 bits per heavy atom. The van der Waals surface area contributed by atoms with Gasteiger partial charge in [0.1, 0.15) is 5.75 Å². The SMILES string of the molecule is COc1cc(C=CCCBr)c(Cl)cc1N. The van der Waals surface area contributed by atoms with Crippen LogP contribution in [0.25, 0.3) is 6.08 Å². The third-order valence-corrected chi connectivity index (χ3v) is 2.71. The minimum atomic E-state index is 0.556. The van der Waals surface area contributed by atoms with Crippen LogP contribution < -0.4 is 10.5 Å². The highest BCUT2D eigenvalue weighted by Crippen LogP contribution is 2.29. The first-order valence-electron chi connectivity index (χ1n) is 4.54. The minimum Gasteiger partial charge on any atom is -0.495 e. The molecule has 0 saturated heterocycles. The number of halogens is 2. The average molecular weight is 291 g/mol. The normalized spacial score (nSPS) is 10.9. The van der Waals surface area contributed by atoms with Gasteiger partial charge in [-0.25, -0.2) is 0 Å². The molecule has 0 radical (unpaired) electrons. The third-order valence-electron chi connectivity index (χ3n) is 1.92. The smallest absolute Gasteiger partial charge is 0.142 e. The zero-order chi connectivity index (χ0) is 11.3. The number of alkyl halides is 1. The molecule has 1 aromatic carbocycles. The van der Waals surface area contributed by atoms with Crippen molar-refractivity contribution in [2.24, 2.45) is 0 Å². The van der Waals surface area contributed by atoms with Crippen molar-refractivity contribution in [2.45, 2.75) is 6.42 Å². The predicted octanol–water partition coefficient (Wildman–Crippen LogP) is 3.73. The van der Waals surface area contributed by atoms with Crippen molar-refractivity contribution in [3.8, 4) is 5.75 Å². The Morgan fingerprint density at radius 2 is 2.27 bits per heavy atom. The maximum atomic E-state index is 6.04. The molecule has 0 unspecified atom stereocenters. The van der Waals surface area contributed by atoms with E-state index >= 15 is 0 Å². The van der Waals surface area contributed by atoms with Gasteiger partial charge in [-0.1, -0.05) is 39.7 Å². The van der Waals surface area contributed by atoms with Gasteiger partial charge in [-0.15, -0.1) is 0 Å². The van der Waals surface area contributed by atoms with Gasteiger partial charge in [-0.05, 0) is 24.1 Å². The van der Waals surface area contributed by atoms with Gasteiger partial charge in [0.15, 0.2) is 0 Å². The lowest BCUT2D eigenvalue weighted by molar-refractivity contribution is 0.417. The van der Waals surface area contributed by atoms with E-state index in [1.807, 2.05) is 18.2 Å². The van der Waals surface area contributed by atoms with E-state index in [0.29, 0.717) is 16.5 Å². The van der Waals surface area contributed by atoms with Crippen LogP contribution in [0.4, 0.5) is 5.69 Å². The van der Waals surface area contributed by atoms with E-state index in [1.165, 1.54) is 0 Å². The Balaban J connectivity index is 2.97. The summed E-state index contributed by atoms with van der Waals surface area (Å²) < 4.78 is 5.12. The second kappa shape index (κ2) is 6.03. The van der Waals surface area contributed by atoms with Crippen molar-refractivity contribution in [3.05, 3.63) is 28.8 Å². The molecule has 0 bridgehead atoms. The summed E-state index contributed by atoms with van der Waals surface area (Å²) in [6, 6.07) is 3.54. The van der Waals surface area contributed by atoms with Crippen molar-refractivity contribution in [1.29, 1.82) is 0 Å². The Morgan fingerprint density at radius 3 is 2.87 bits per heavy atom. The quantitative estimate of drug-likeness (QED) is 0.677. The Kier molecular flexibility index (Phi) is 4.99. The first kappa shape index (κ1) is 12.4. The van der Waals surface area contributed by atoms with Crippen molar-refractivity contribution in [2.75, 3.05) is 18.2 Å². The summed E-state index contributed by atoms with van der Waals surface area (Å²) in [5.74, 6) is 0.651. The average Bonchev–Trinajstić information content (AvgIpc) is 2.21. The van der Waals surface area contributed by atoms with Gasteiger partial charge in [-0.2, -0.15) is 0 Å². The number of nitrogens with two attached hydrogens (primary N) is 1. The number of ether oxygens (including phenoxy) is 1. The highest BCUT2D eigenvalue weighted by Gasteiger charge is 2.04. The lowest BCUT2D eigenvalue weighted by atomic mass is 10.1. The van der Waals surface area contributed by atoms with Crippen LogP contribution in [0.3, 0.4) is 0 Å². The van der Waals surface area contributed by atoms with Gasteiger partial charge in [0, 0.05) is 5.33 Å². The van der Waals surface area contributed by atoms with E-state index in [1.54, 1.807) is 13.2 Å². The summed E-state index contributed by atoms with van der Waals surface area (Å²) in [5, 5.41) is 1.58. The molecule has 0 aromatic heterocycles. The summed E-state index contributed by atoms with van der Waals surface area (Å²) in [6.07, 6.45) is 4.97. The Hall–Kier alpha value is -0.670. The molecule has 2 N–H and O–H groups in total. The van der Waals surface area contributed by atoms with Crippen molar-refractivity contribution in [3.63, 3.8) is 0 Å². The molecular formula is C11H13BrClNO. The predicted molar refractivity (Wildman–Crippen MR) is 69.9 cm³/mol. The first-order valence-corrected chi connectivity index (χ1v) is 6.04. The Labute approximate surface area is 103 Å². The minimum absolute atomic E-state index is 0.556. The number of methoxy groups -OCH3 is 1. The molecule has 0 atom stereocenters. The van der Waals surface area contributed by atoms with E-state index in [0.717, 1.165) is 17.3 Å². The largest absolute Gasteiger partial charge is 0.495 e. The van der Waals surface area contributed by atoms with Crippen LogP contribution in [-0.4, -0.2) is 12.4 Å². The number of benzene rings is 1. The summed E-state index contributed by atoms with van der Waals surface area (Å²) in [6.45, 7) is 0. The second-order valence-electron chi connectivity index (χ2n) is 3.00. The highest BCUT2D eigenvalue weighted by molar-refractivity contribution is 9.09. The van der Waals surface area contributed by atoms with Gasteiger partial charge in [0.2, 0.25) is 0 Å². The fraction of sp³-hybridized carbons (Fsp3) is 0.273. The van der Waals surface area contributed by atoms with Crippen LogP contribution >= 0.6 is 27.5 Å². The molecule has 1 rings (SSSR count). The topological polar surface area (TPSA) is 35.2 Å². The maximum absolute atomic E-state index is 6.04. The number of allylic oxidation sites excluding steroid dienone is 1. The summed E-state index contributed by atoms with van der Waals surface area (Å²) in [7, 11) is 1.59. The molecule has 4 heteroatoms. The molecule has 15 heavy (non-hydrogen) atoms. The lowest BCUT2D eigenvalue weighted by Crippen LogP contribution is -1.93. The van der Waals surface area contributed by atoms with Gasteiger partial charge < -0.3 is 10.5 Å². The number of hydrogen-bond acceptors (Lipinski definition) is 2. The van der Waals surface area contributed by atoms with Crippen molar-refractivity contribution < 1.29 is 4.74 Å². The number of rotatable bonds is 4. The number of hydrogen-bond donors (Lipinski definition) is 1. The van der Waals surface area contributed by atoms with Crippen molar-refractivity contribution in [1.82, 2.24) is 0 Å². The molecule has 0 fully saturated rings. The molecule has 0 spiro atoms. The summed E-state index contributed by atoms with van der Waals surface area (Å²) in [4.78, 5) is 0. The number of anilines is 1. The molecule has 1 aromatic rings. The monoisotopic (exact) mass is 289 g/mol. The molecule has 82 valence electrons. The molecule has 0 aliphatic heterocycles. The van der Waals surface area contributed by atoms with Crippen LogP contribution in [0, 0.1) is 0 Å².